The second-order valence-corrected chi connectivity index (χ2v) is 6.34. The van der Waals surface area contributed by atoms with E-state index in [1.807, 2.05) is 6.92 Å². The Bertz CT molecular complexity index is 309. The SMILES string of the molecule is CCC(CC)C(C)NS(=O)(=O)N1CCNCC1. The molecule has 1 fully saturated rings. The maximum atomic E-state index is 12.1. The predicted molar refractivity (Wildman–Crippen MR) is 70.0 cm³/mol. The van der Waals surface area contributed by atoms with Crippen LogP contribution in [0.2, 0.25) is 0 Å². The summed E-state index contributed by atoms with van der Waals surface area (Å²) in [5.74, 6) is 0.410. The highest BCUT2D eigenvalue weighted by molar-refractivity contribution is 7.87. The summed E-state index contributed by atoms with van der Waals surface area (Å²) < 4.78 is 28.6. The first-order valence-electron chi connectivity index (χ1n) is 6.49. The van der Waals surface area contributed by atoms with E-state index in [0.717, 1.165) is 25.9 Å². The van der Waals surface area contributed by atoms with Crippen molar-refractivity contribution in [2.75, 3.05) is 26.2 Å². The lowest BCUT2D eigenvalue weighted by Gasteiger charge is -2.30. The van der Waals surface area contributed by atoms with Crippen molar-refractivity contribution >= 4 is 10.2 Å². The smallest absolute Gasteiger partial charge is 0.279 e. The lowest BCUT2D eigenvalue weighted by atomic mass is 9.96. The molecule has 102 valence electrons. The van der Waals surface area contributed by atoms with E-state index in [-0.39, 0.29) is 6.04 Å². The van der Waals surface area contributed by atoms with Gasteiger partial charge in [-0.2, -0.15) is 17.4 Å². The van der Waals surface area contributed by atoms with Crippen molar-refractivity contribution in [1.82, 2.24) is 14.3 Å². The van der Waals surface area contributed by atoms with Crippen LogP contribution >= 0.6 is 0 Å². The van der Waals surface area contributed by atoms with Crippen LogP contribution in [0.15, 0.2) is 0 Å². The van der Waals surface area contributed by atoms with Gasteiger partial charge in [-0.25, -0.2) is 0 Å². The van der Waals surface area contributed by atoms with Gasteiger partial charge in [-0.1, -0.05) is 26.7 Å². The van der Waals surface area contributed by atoms with E-state index < -0.39 is 10.2 Å². The van der Waals surface area contributed by atoms with Crippen molar-refractivity contribution in [2.24, 2.45) is 5.92 Å². The van der Waals surface area contributed by atoms with Crippen molar-refractivity contribution in [3.8, 4) is 0 Å². The third-order valence-corrected chi connectivity index (χ3v) is 5.22. The van der Waals surface area contributed by atoms with Crippen LogP contribution in [-0.2, 0) is 10.2 Å². The molecule has 0 aromatic rings. The summed E-state index contributed by atoms with van der Waals surface area (Å²) in [5, 5.41) is 3.15. The Morgan fingerprint density at radius 2 is 1.76 bits per heavy atom. The van der Waals surface area contributed by atoms with Crippen LogP contribution in [0.5, 0.6) is 0 Å². The maximum absolute atomic E-state index is 12.1. The molecule has 1 atom stereocenters. The Kier molecular flexibility index (Phi) is 5.85. The number of hydrogen-bond donors (Lipinski definition) is 2. The average molecular weight is 263 g/mol. The molecule has 2 N–H and O–H groups in total. The van der Waals surface area contributed by atoms with Crippen LogP contribution in [0.1, 0.15) is 33.6 Å². The summed E-state index contributed by atoms with van der Waals surface area (Å²) in [6.45, 7) is 8.75. The molecule has 0 radical (unpaired) electrons. The topological polar surface area (TPSA) is 61.4 Å². The Hall–Kier alpha value is -0.170. The van der Waals surface area contributed by atoms with Gasteiger partial charge in [0.25, 0.3) is 10.2 Å². The van der Waals surface area contributed by atoms with E-state index in [1.165, 1.54) is 4.31 Å². The van der Waals surface area contributed by atoms with E-state index in [2.05, 4.69) is 23.9 Å². The Labute approximate surface area is 105 Å². The number of nitrogens with one attached hydrogen (secondary N) is 2. The van der Waals surface area contributed by atoms with Gasteiger partial charge in [0.15, 0.2) is 0 Å². The molecule has 1 aliphatic rings. The molecule has 0 bridgehead atoms. The zero-order valence-corrected chi connectivity index (χ0v) is 11.9. The van der Waals surface area contributed by atoms with Gasteiger partial charge in [0.05, 0.1) is 0 Å². The molecule has 1 unspecified atom stereocenters. The summed E-state index contributed by atoms with van der Waals surface area (Å²) in [4.78, 5) is 0. The summed E-state index contributed by atoms with van der Waals surface area (Å²) >= 11 is 0. The average Bonchev–Trinajstić information content (AvgIpc) is 2.31. The second kappa shape index (κ2) is 6.68. The molecular weight excluding hydrogens is 238 g/mol. The maximum Gasteiger partial charge on any atom is 0.279 e. The Morgan fingerprint density at radius 1 is 1.24 bits per heavy atom. The highest BCUT2D eigenvalue weighted by Crippen LogP contribution is 2.14. The minimum Gasteiger partial charge on any atom is -0.314 e. The lowest BCUT2D eigenvalue weighted by Crippen LogP contribution is -2.53. The molecule has 1 rings (SSSR count). The zero-order chi connectivity index (χ0) is 12.9. The van der Waals surface area contributed by atoms with Crippen molar-refractivity contribution in [2.45, 2.75) is 39.7 Å². The standard InChI is InChI=1S/C11H25N3O2S/c1-4-11(5-2)10(3)13-17(15,16)14-8-6-12-7-9-14/h10-13H,4-9H2,1-3H3. The largest absolute Gasteiger partial charge is 0.314 e. The van der Waals surface area contributed by atoms with Gasteiger partial charge in [0.2, 0.25) is 0 Å². The van der Waals surface area contributed by atoms with E-state index in [1.54, 1.807) is 0 Å². The van der Waals surface area contributed by atoms with Crippen LogP contribution < -0.4 is 10.0 Å². The number of piperazine rings is 1. The normalized spacial score (nSPS) is 20.7. The summed E-state index contributed by atoms with van der Waals surface area (Å²) in [6, 6.07) is 0.00452. The molecule has 17 heavy (non-hydrogen) atoms. The fraction of sp³-hybridized carbons (Fsp3) is 1.00. The minimum atomic E-state index is -3.30. The van der Waals surface area contributed by atoms with Crippen LogP contribution in [0, 0.1) is 5.92 Å². The number of nitrogens with zero attached hydrogens (tertiary/aromatic N) is 1. The molecule has 0 spiro atoms. The molecular formula is C11H25N3O2S. The van der Waals surface area contributed by atoms with E-state index in [4.69, 9.17) is 0 Å². The second-order valence-electron chi connectivity index (χ2n) is 4.64. The minimum absolute atomic E-state index is 0.00452. The summed E-state index contributed by atoms with van der Waals surface area (Å²) in [5.41, 5.74) is 0. The molecule has 0 aromatic carbocycles. The number of hydrogen-bond acceptors (Lipinski definition) is 3. The highest BCUT2D eigenvalue weighted by atomic mass is 32.2. The molecule has 0 amide bonds. The molecule has 0 aromatic heterocycles. The molecule has 6 heteroatoms. The Morgan fingerprint density at radius 3 is 2.24 bits per heavy atom. The van der Waals surface area contributed by atoms with Crippen LogP contribution in [-0.4, -0.2) is 44.9 Å². The monoisotopic (exact) mass is 263 g/mol. The quantitative estimate of drug-likeness (QED) is 0.736. The third-order valence-electron chi connectivity index (χ3n) is 3.51. The first-order valence-corrected chi connectivity index (χ1v) is 7.93. The van der Waals surface area contributed by atoms with Gasteiger partial charge < -0.3 is 5.32 Å². The third kappa shape index (κ3) is 4.21. The molecule has 0 aliphatic carbocycles. The molecule has 1 aliphatic heterocycles. The summed E-state index contributed by atoms with van der Waals surface area (Å²) in [6.07, 6.45) is 2.00. The van der Waals surface area contributed by atoms with Gasteiger partial charge in [0, 0.05) is 32.2 Å². The molecule has 0 saturated carbocycles. The van der Waals surface area contributed by atoms with Crippen molar-refractivity contribution in [3.05, 3.63) is 0 Å². The van der Waals surface area contributed by atoms with Crippen molar-refractivity contribution < 1.29 is 8.42 Å². The predicted octanol–water partition coefficient (Wildman–Crippen LogP) is 0.551. The Balaban J connectivity index is 2.58. The zero-order valence-electron chi connectivity index (χ0n) is 11.1. The van der Waals surface area contributed by atoms with Crippen molar-refractivity contribution in [1.29, 1.82) is 0 Å². The van der Waals surface area contributed by atoms with Crippen LogP contribution in [0.4, 0.5) is 0 Å². The van der Waals surface area contributed by atoms with Crippen LogP contribution in [0.3, 0.4) is 0 Å². The van der Waals surface area contributed by atoms with E-state index >= 15 is 0 Å². The van der Waals surface area contributed by atoms with Gasteiger partial charge in [-0.05, 0) is 12.8 Å². The molecule has 1 heterocycles. The van der Waals surface area contributed by atoms with Crippen LogP contribution in [0.25, 0.3) is 0 Å². The first-order chi connectivity index (χ1) is 8.01. The lowest BCUT2D eigenvalue weighted by molar-refractivity contribution is 0.336. The first kappa shape index (κ1) is 14.9. The number of rotatable bonds is 6. The van der Waals surface area contributed by atoms with Crippen molar-refractivity contribution in [3.63, 3.8) is 0 Å². The summed E-state index contributed by atoms with van der Waals surface area (Å²) in [7, 11) is -3.30. The van der Waals surface area contributed by atoms with Gasteiger partial charge in [-0.15, -0.1) is 0 Å². The van der Waals surface area contributed by atoms with E-state index in [0.29, 0.717) is 19.0 Å². The fourth-order valence-electron chi connectivity index (χ4n) is 2.29. The van der Waals surface area contributed by atoms with Gasteiger partial charge in [-0.3, -0.25) is 0 Å². The highest BCUT2D eigenvalue weighted by Gasteiger charge is 2.27. The van der Waals surface area contributed by atoms with Gasteiger partial charge >= 0.3 is 0 Å². The fourth-order valence-corrected chi connectivity index (χ4v) is 3.76. The van der Waals surface area contributed by atoms with Gasteiger partial charge in [0.1, 0.15) is 0 Å². The van der Waals surface area contributed by atoms with E-state index in [9.17, 15) is 8.42 Å². The molecule has 5 nitrogen and oxygen atoms in total. The molecule has 1 saturated heterocycles.